The van der Waals surface area contributed by atoms with Gasteiger partial charge in [-0.25, -0.2) is 14.6 Å². The Balaban J connectivity index is 1.25. The van der Waals surface area contributed by atoms with Gasteiger partial charge in [-0.3, -0.25) is 4.98 Å². The van der Waals surface area contributed by atoms with E-state index in [4.69, 9.17) is 26.1 Å². The quantitative estimate of drug-likeness (QED) is 0.259. The van der Waals surface area contributed by atoms with Crippen LogP contribution in [0.5, 0.6) is 5.75 Å². The predicted molar refractivity (Wildman–Crippen MR) is 166 cm³/mol. The van der Waals surface area contributed by atoms with Gasteiger partial charge in [-0.05, 0) is 88.7 Å². The van der Waals surface area contributed by atoms with Crippen molar-refractivity contribution in [1.29, 1.82) is 0 Å². The number of aliphatic imine (C=N–C) groups is 1. The molecule has 0 bridgehead atoms. The highest BCUT2D eigenvalue weighted by atomic mass is 35.5. The Morgan fingerprint density at radius 3 is 2.76 bits per heavy atom. The molecule has 0 amide bonds. The number of aryl methyl sites for hydroxylation is 1. The van der Waals surface area contributed by atoms with Gasteiger partial charge in [0, 0.05) is 38.5 Å². The van der Waals surface area contributed by atoms with E-state index in [0.29, 0.717) is 40.7 Å². The first-order chi connectivity index (χ1) is 20.3. The third-order valence-corrected chi connectivity index (χ3v) is 9.89. The van der Waals surface area contributed by atoms with Gasteiger partial charge in [-0.15, -0.1) is 11.3 Å². The van der Waals surface area contributed by atoms with E-state index in [0.717, 1.165) is 83.8 Å². The first kappa shape index (κ1) is 28.6. The molecule has 1 spiro atoms. The highest BCUT2D eigenvalue weighted by molar-refractivity contribution is 7.18. The number of carbonyl (C=O) groups excluding carboxylic acids is 2. The Hall–Kier alpha value is -3.49. The van der Waals surface area contributed by atoms with Gasteiger partial charge in [0.25, 0.3) is 0 Å². The van der Waals surface area contributed by atoms with Gasteiger partial charge in [0.15, 0.2) is 5.94 Å². The number of allylic oxidation sites excluding steroid dienone is 2. The number of piperidine rings is 1. The van der Waals surface area contributed by atoms with E-state index in [1.807, 2.05) is 36.9 Å². The van der Waals surface area contributed by atoms with E-state index >= 15 is 0 Å². The zero-order chi connectivity index (χ0) is 29.4. The van der Waals surface area contributed by atoms with Gasteiger partial charge in [0.05, 0.1) is 29.4 Å². The average Bonchev–Trinajstić information content (AvgIpc) is 3.41. The smallest absolute Gasteiger partial charge is 0.340 e. The number of halogens is 1. The van der Waals surface area contributed by atoms with Gasteiger partial charge in [-0.1, -0.05) is 11.6 Å². The molecule has 1 N–H and O–H groups in total. The maximum atomic E-state index is 12.4. The molecular formula is C32H33ClN4O4S. The molecule has 0 unspecified atom stereocenters. The number of hydrogen-bond acceptors (Lipinski definition) is 9. The number of rotatable bonds is 6. The second kappa shape index (κ2) is 11.7. The molecule has 3 aliphatic rings. The first-order valence-corrected chi connectivity index (χ1v) is 15.5. The Morgan fingerprint density at radius 2 is 2.00 bits per heavy atom. The molecule has 4 heterocycles. The van der Waals surface area contributed by atoms with Gasteiger partial charge >= 0.3 is 5.97 Å². The second-order valence-electron chi connectivity index (χ2n) is 11.2. The van der Waals surface area contributed by atoms with Crippen molar-refractivity contribution in [3.8, 4) is 16.9 Å². The number of nitrogens with one attached hydrogen (secondary N) is 1. The summed E-state index contributed by atoms with van der Waals surface area (Å²) in [7, 11) is 1.36. The maximum absolute atomic E-state index is 12.4. The molecule has 10 heteroatoms. The van der Waals surface area contributed by atoms with E-state index in [-0.39, 0.29) is 5.41 Å². The Bertz CT molecular complexity index is 1680. The number of nitrogens with zero attached hydrogens (tertiary/aromatic N) is 3. The third-order valence-electron chi connectivity index (χ3n) is 8.66. The number of pyridine rings is 1. The van der Waals surface area contributed by atoms with Gasteiger partial charge in [-0.2, -0.15) is 0 Å². The van der Waals surface area contributed by atoms with E-state index in [1.165, 1.54) is 18.4 Å². The lowest BCUT2D eigenvalue weighted by Crippen LogP contribution is -2.42. The van der Waals surface area contributed by atoms with Crippen LogP contribution in [0.25, 0.3) is 21.3 Å². The highest BCUT2D eigenvalue weighted by Crippen LogP contribution is 2.49. The molecule has 1 fully saturated rings. The maximum Gasteiger partial charge on any atom is 0.340 e. The van der Waals surface area contributed by atoms with Crippen LogP contribution < -0.4 is 10.1 Å². The molecule has 218 valence electrons. The summed E-state index contributed by atoms with van der Waals surface area (Å²) < 4.78 is 12.2. The highest BCUT2D eigenvalue weighted by Gasteiger charge is 2.40. The summed E-state index contributed by atoms with van der Waals surface area (Å²) in [4.78, 5) is 36.2. The summed E-state index contributed by atoms with van der Waals surface area (Å²) in [6, 6.07) is 7.48. The SMILES string of the molecule is COC(=O)c1csc2c(-c3cc(Cl)ccc3OCCN3C(=C=O)C4=C(CCC5(CCNCC5)C4)N=C3C)cc(C)nc12. The molecule has 2 aliphatic heterocycles. The van der Waals surface area contributed by atoms with E-state index in [2.05, 4.69) is 16.2 Å². The number of carbonyl (C=O) groups is 1. The van der Waals surface area contributed by atoms with Crippen LogP contribution in [0.4, 0.5) is 0 Å². The topological polar surface area (TPSA) is 93.1 Å². The normalized spacial score (nSPS) is 18.1. The fraction of sp³-hybridized carbons (Fsp3) is 0.406. The van der Waals surface area contributed by atoms with Crippen molar-refractivity contribution in [2.45, 2.75) is 46.0 Å². The Labute approximate surface area is 254 Å². The summed E-state index contributed by atoms with van der Waals surface area (Å²) in [5, 5.41) is 5.81. The summed E-state index contributed by atoms with van der Waals surface area (Å²) >= 11 is 7.88. The standard InChI is InChI=1S/C32H33ClN4O4S/c1-19-14-23(30-29(35-19)25(18-42-30)31(39)40-3)22-15-21(33)4-5-28(22)41-13-12-37-20(2)36-26-6-7-32(8-10-34-11-9-32)16-24(26)27(37)17-38/h4-5,14-15,18,34H,6-13,16H2,1-3H3. The largest absolute Gasteiger partial charge is 0.491 e. The minimum absolute atomic E-state index is 0.233. The van der Waals surface area contributed by atoms with Crippen LogP contribution >= 0.6 is 22.9 Å². The number of thiophene rings is 1. The average molecular weight is 605 g/mol. The fourth-order valence-electron chi connectivity index (χ4n) is 6.48. The van der Waals surface area contributed by atoms with Crippen molar-refractivity contribution < 1.29 is 19.1 Å². The second-order valence-corrected chi connectivity index (χ2v) is 12.5. The number of hydrogen-bond donors (Lipinski definition) is 1. The molecule has 8 nitrogen and oxygen atoms in total. The van der Waals surface area contributed by atoms with Crippen molar-refractivity contribution in [2.24, 2.45) is 10.4 Å². The lowest BCUT2D eigenvalue weighted by atomic mass is 9.67. The molecule has 0 radical (unpaired) electrons. The van der Waals surface area contributed by atoms with Crippen LogP contribution in [0.3, 0.4) is 0 Å². The van der Waals surface area contributed by atoms with Crippen molar-refractivity contribution in [1.82, 2.24) is 15.2 Å². The van der Waals surface area contributed by atoms with E-state index in [9.17, 15) is 9.59 Å². The van der Waals surface area contributed by atoms with Crippen LogP contribution in [-0.2, 0) is 9.53 Å². The van der Waals surface area contributed by atoms with Gasteiger partial charge in [0.1, 0.15) is 23.9 Å². The zero-order valence-electron chi connectivity index (χ0n) is 24.0. The van der Waals surface area contributed by atoms with Crippen molar-refractivity contribution in [3.05, 3.63) is 62.9 Å². The van der Waals surface area contributed by atoms with Crippen molar-refractivity contribution in [3.63, 3.8) is 0 Å². The van der Waals surface area contributed by atoms with Crippen LogP contribution in [-0.4, -0.2) is 61.0 Å². The van der Waals surface area contributed by atoms with Gasteiger partial charge in [0.2, 0.25) is 0 Å². The number of amidine groups is 1. The van der Waals surface area contributed by atoms with E-state index in [1.54, 1.807) is 11.4 Å². The lowest BCUT2D eigenvalue weighted by molar-refractivity contribution is 0.0603. The molecule has 2 aromatic heterocycles. The van der Waals surface area contributed by atoms with Crippen molar-refractivity contribution >= 4 is 50.9 Å². The zero-order valence-corrected chi connectivity index (χ0v) is 25.6. The molecule has 3 aromatic rings. The lowest BCUT2D eigenvalue weighted by Gasteiger charge is -2.44. The summed E-state index contributed by atoms with van der Waals surface area (Å²) in [5.41, 5.74) is 6.37. The van der Waals surface area contributed by atoms with Gasteiger partial charge < -0.3 is 19.7 Å². The first-order valence-electron chi connectivity index (χ1n) is 14.2. The number of fused-ring (bicyclic) bond motifs is 1. The summed E-state index contributed by atoms with van der Waals surface area (Å²) in [5.74, 6) is 3.27. The predicted octanol–water partition coefficient (Wildman–Crippen LogP) is 6.35. The number of methoxy groups -OCH3 is 1. The van der Waals surface area contributed by atoms with Crippen LogP contribution in [0.2, 0.25) is 5.02 Å². The molecule has 0 atom stereocenters. The summed E-state index contributed by atoms with van der Waals surface area (Å²) in [6.07, 6.45) is 5.13. The molecular weight excluding hydrogens is 572 g/mol. The number of ether oxygens (including phenoxy) is 2. The third kappa shape index (κ3) is 5.26. The molecule has 42 heavy (non-hydrogen) atoms. The van der Waals surface area contributed by atoms with Crippen LogP contribution in [0, 0.1) is 12.3 Å². The Morgan fingerprint density at radius 1 is 1.19 bits per heavy atom. The fourth-order valence-corrected chi connectivity index (χ4v) is 7.65. The number of benzene rings is 1. The van der Waals surface area contributed by atoms with E-state index < -0.39 is 5.97 Å². The minimum Gasteiger partial charge on any atom is -0.491 e. The molecule has 1 aromatic carbocycles. The van der Waals surface area contributed by atoms with Crippen LogP contribution in [0.1, 0.15) is 55.1 Å². The molecule has 0 saturated carbocycles. The minimum atomic E-state index is -0.423. The number of aromatic nitrogens is 1. The molecule has 1 aliphatic carbocycles. The van der Waals surface area contributed by atoms with Crippen molar-refractivity contribution in [2.75, 3.05) is 33.4 Å². The number of esters is 1. The Kier molecular flexibility index (Phi) is 7.94. The summed E-state index contributed by atoms with van der Waals surface area (Å²) in [6.45, 7) is 6.63. The molecule has 6 rings (SSSR count). The monoisotopic (exact) mass is 604 g/mol. The van der Waals surface area contributed by atoms with Crippen LogP contribution in [0.15, 0.2) is 51.6 Å². The molecule has 1 saturated heterocycles.